The highest BCUT2D eigenvalue weighted by Gasteiger charge is 2.22. The molecule has 1 aliphatic heterocycles. The lowest BCUT2D eigenvalue weighted by atomic mass is 10.1. The molecular weight excluding hydrogens is 349 g/mol. The maximum atomic E-state index is 6.39. The molecule has 0 unspecified atom stereocenters. The zero-order chi connectivity index (χ0) is 16.0. The van der Waals surface area contributed by atoms with Gasteiger partial charge in [-0.2, -0.15) is 0 Å². The second-order valence-electron chi connectivity index (χ2n) is 5.31. The van der Waals surface area contributed by atoms with Gasteiger partial charge in [0.05, 0.1) is 23.6 Å². The van der Waals surface area contributed by atoms with Crippen LogP contribution in [0, 0.1) is 0 Å². The van der Waals surface area contributed by atoms with Crippen molar-refractivity contribution < 1.29 is 0 Å². The Balaban J connectivity index is 1.92. The molecule has 116 valence electrons. The van der Waals surface area contributed by atoms with E-state index in [1.165, 1.54) is 0 Å². The molecule has 23 heavy (non-hydrogen) atoms. The van der Waals surface area contributed by atoms with Gasteiger partial charge in [-0.05, 0) is 30.7 Å². The number of fused-ring (bicyclic) bond motifs is 3. The number of aryl methyl sites for hydroxylation is 1. The highest BCUT2D eigenvalue weighted by Crippen LogP contribution is 2.33. The van der Waals surface area contributed by atoms with Gasteiger partial charge in [-0.25, -0.2) is 4.98 Å². The third kappa shape index (κ3) is 2.51. The van der Waals surface area contributed by atoms with E-state index >= 15 is 0 Å². The van der Waals surface area contributed by atoms with Crippen molar-refractivity contribution in [3.63, 3.8) is 0 Å². The molecule has 0 atom stereocenters. The first-order valence-electron chi connectivity index (χ1n) is 7.32. The highest BCUT2D eigenvalue weighted by atomic mass is 35.5. The van der Waals surface area contributed by atoms with Crippen LogP contribution in [0.2, 0.25) is 10.0 Å². The second kappa shape index (κ2) is 5.78. The predicted molar refractivity (Wildman–Crippen MR) is 96.6 cm³/mol. The van der Waals surface area contributed by atoms with Gasteiger partial charge < -0.3 is 4.57 Å². The Hall–Kier alpha value is -1.62. The molecule has 0 saturated carbocycles. The third-order valence-electron chi connectivity index (χ3n) is 3.90. The van der Waals surface area contributed by atoms with Gasteiger partial charge in [0, 0.05) is 27.2 Å². The normalized spacial score (nSPS) is 13.3. The molecule has 3 heterocycles. The maximum Gasteiger partial charge on any atom is 0.143 e. The van der Waals surface area contributed by atoms with Gasteiger partial charge in [-0.1, -0.05) is 30.1 Å². The average Bonchev–Trinajstić information content (AvgIpc) is 3.16. The monoisotopic (exact) mass is 361 g/mol. The summed E-state index contributed by atoms with van der Waals surface area (Å²) in [4.78, 5) is 9.49. The minimum atomic E-state index is 0.517. The van der Waals surface area contributed by atoms with Crippen LogP contribution in [0.3, 0.4) is 0 Å². The second-order valence-corrected chi connectivity index (χ2v) is 7.01. The van der Waals surface area contributed by atoms with E-state index in [9.17, 15) is 0 Å². The van der Waals surface area contributed by atoms with Crippen LogP contribution in [0.4, 0.5) is 0 Å². The van der Waals surface area contributed by atoms with Gasteiger partial charge in [-0.3, -0.25) is 4.99 Å². The fourth-order valence-corrected chi connectivity index (χ4v) is 4.20. The number of rotatable bonds is 2. The van der Waals surface area contributed by atoms with Crippen LogP contribution < -0.4 is 0 Å². The zero-order valence-electron chi connectivity index (χ0n) is 12.4. The van der Waals surface area contributed by atoms with Crippen molar-refractivity contribution in [1.82, 2.24) is 9.55 Å². The molecular formula is C17H13Cl2N3S. The molecule has 0 amide bonds. The number of hydrogen-bond acceptors (Lipinski definition) is 3. The fourth-order valence-electron chi connectivity index (χ4n) is 2.74. The number of aliphatic imine (C=N–C) groups is 1. The first-order valence-corrected chi connectivity index (χ1v) is 8.96. The van der Waals surface area contributed by atoms with E-state index in [0.29, 0.717) is 16.6 Å². The molecule has 0 saturated heterocycles. The topological polar surface area (TPSA) is 30.2 Å². The quantitative estimate of drug-likeness (QED) is 0.620. The molecule has 0 aliphatic carbocycles. The van der Waals surface area contributed by atoms with E-state index in [-0.39, 0.29) is 0 Å². The lowest BCUT2D eigenvalue weighted by Crippen LogP contribution is -2.08. The smallest absolute Gasteiger partial charge is 0.143 e. The summed E-state index contributed by atoms with van der Waals surface area (Å²) in [5.41, 5.74) is 4.97. The molecule has 0 radical (unpaired) electrons. The molecule has 0 N–H and O–H groups in total. The van der Waals surface area contributed by atoms with Crippen molar-refractivity contribution in [2.75, 3.05) is 0 Å². The van der Waals surface area contributed by atoms with E-state index in [1.54, 1.807) is 17.4 Å². The summed E-state index contributed by atoms with van der Waals surface area (Å²) >= 11 is 14.2. The summed E-state index contributed by atoms with van der Waals surface area (Å²) < 4.78 is 2.09. The Morgan fingerprint density at radius 2 is 2.17 bits per heavy atom. The van der Waals surface area contributed by atoms with Crippen LogP contribution in [-0.4, -0.2) is 15.3 Å². The standard InChI is InChI=1S/C17H13Cl2N3S/c1-2-11-9-23-17(21-11)16-14-4-3-5-22(14)15-7-10(18)6-13(19)12(15)8-20-16/h3-7,9H,2,8H2,1H3. The van der Waals surface area contributed by atoms with Gasteiger partial charge in [-0.15, -0.1) is 11.3 Å². The minimum Gasteiger partial charge on any atom is -0.315 e. The van der Waals surface area contributed by atoms with Crippen LogP contribution in [-0.2, 0) is 13.0 Å². The molecule has 0 spiro atoms. The number of aromatic nitrogens is 2. The first-order chi connectivity index (χ1) is 11.2. The van der Waals surface area contributed by atoms with E-state index in [1.807, 2.05) is 18.3 Å². The van der Waals surface area contributed by atoms with Crippen LogP contribution in [0.5, 0.6) is 0 Å². The SMILES string of the molecule is CCc1csc(C2=NCc3c(Cl)cc(Cl)cc3-n3cccc32)n1. The lowest BCUT2D eigenvalue weighted by Gasteiger charge is -2.12. The summed E-state index contributed by atoms with van der Waals surface area (Å²) in [5.74, 6) is 0. The van der Waals surface area contributed by atoms with Crippen molar-refractivity contribution >= 4 is 40.3 Å². The van der Waals surface area contributed by atoms with Crippen LogP contribution in [0.1, 0.15) is 28.9 Å². The average molecular weight is 362 g/mol. The van der Waals surface area contributed by atoms with Crippen molar-refractivity contribution in [3.05, 3.63) is 67.8 Å². The van der Waals surface area contributed by atoms with Crippen molar-refractivity contribution in [2.45, 2.75) is 19.9 Å². The van der Waals surface area contributed by atoms with Gasteiger partial charge in [0.25, 0.3) is 0 Å². The Morgan fingerprint density at radius 3 is 2.96 bits per heavy atom. The Morgan fingerprint density at radius 1 is 1.30 bits per heavy atom. The van der Waals surface area contributed by atoms with Crippen molar-refractivity contribution in [1.29, 1.82) is 0 Å². The van der Waals surface area contributed by atoms with Gasteiger partial charge in [0.1, 0.15) is 10.7 Å². The lowest BCUT2D eigenvalue weighted by molar-refractivity contribution is 1.02. The van der Waals surface area contributed by atoms with E-state index < -0.39 is 0 Å². The van der Waals surface area contributed by atoms with Gasteiger partial charge in [0.15, 0.2) is 0 Å². The number of nitrogens with zero attached hydrogens (tertiary/aromatic N) is 3. The molecule has 1 aromatic carbocycles. The summed E-state index contributed by atoms with van der Waals surface area (Å²) in [6.07, 6.45) is 2.93. The van der Waals surface area contributed by atoms with E-state index in [2.05, 4.69) is 22.9 Å². The van der Waals surface area contributed by atoms with Crippen molar-refractivity contribution in [2.24, 2.45) is 4.99 Å². The summed E-state index contributed by atoms with van der Waals surface area (Å²) in [7, 11) is 0. The predicted octanol–water partition coefficient (Wildman–Crippen LogP) is 5.15. The van der Waals surface area contributed by atoms with Crippen LogP contribution >= 0.6 is 34.5 Å². The van der Waals surface area contributed by atoms with E-state index in [4.69, 9.17) is 33.2 Å². The molecule has 2 aromatic heterocycles. The number of thiazole rings is 1. The summed E-state index contributed by atoms with van der Waals surface area (Å²) in [6, 6.07) is 7.76. The summed E-state index contributed by atoms with van der Waals surface area (Å²) in [6.45, 7) is 2.62. The van der Waals surface area contributed by atoms with Gasteiger partial charge in [0.2, 0.25) is 0 Å². The Labute approximate surface area is 148 Å². The number of halogens is 2. The third-order valence-corrected chi connectivity index (χ3v) is 5.35. The Bertz CT molecular complexity index is 924. The minimum absolute atomic E-state index is 0.517. The molecule has 6 heteroatoms. The van der Waals surface area contributed by atoms with E-state index in [0.717, 1.165) is 39.8 Å². The highest BCUT2D eigenvalue weighted by molar-refractivity contribution is 7.12. The van der Waals surface area contributed by atoms with Gasteiger partial charge >= 0.3 is 0 Å². The number of benzene rings is 1. The number of hydrogen-bond donors (Lipinski definition) is 0. The largest absolute Gasteiger partial charge is 0.315 e. The molecule has 0 bridgehead atoms. The van der Waals surface area contributed by atoms with Crippen molar-refractivity contribution in [3.8, 4) is 5.69 Å². The van der Waals surface area contributed by atoms with Crippen LogP contribution in [0.15, 0.2) is 40.8 Å². The van der Waals surface area contributed by atoms with Crippen LogP contribution in [0.25, 0.3) is 5.69 Å². The zero-order valence-corrected chi connectivity index (χ0v) is 14.7. The molecule has 3 aromatic rings. The molecule has 4 rings (SSSR count). The fraction of sp³-hybridized carbons (Fsp3) is 0.176. The molecule has 1 aliphatic rings. The Kier molecular flexibility index (Phi) is 3.76. The summed E-state index contributed by atoms with van der Waals surface area (Å²) in [5, 5.41) is 4.30. The molecule has 3 nitrogen and oxygen atoms in total. The maximum absolute atomic E-state index is 6.39. The molecule has 0 fully saturated rings. The first kappa shape index (κ1) is 14.9.